The standard InChI is InChI=1S/C16H20F4N2O/c17-13-4-2-12(3-5-13)15(16(18,19)20)22-14(23)6-1-11-7-9-21-10-8-11/h2-5,11,15,21H,1,6-10H2,(H,22,23). The van der Waals surface area contributed by atoms with Crippen LogP contribution in [0.15, 0.2) is 24.3 Å². The normalized spacial score (nSPS) is 17.7. The van der Waals surface area contributed by atoms with Gasteiger partial charge in [0.15, 0.2) is 6.04 Å². The number of hydrogen-bond donors (Lipinski definition) is 2. The third kappa shape index (κ3) is 5.49. The Kier molecular flexibility index (Phi) is 5.98. The summed E-state index contributed by atoms with van der Waals surface area (Å²) in [5.41, 5.74) is -0.172. The zero-order chi connectivity index (χ0) is 16.9. The molecule has 1 atom stereocenters. The topological polar surface area (TPSA) is 41.1 Å². The number of halogens is 4. The highest BCUT2D eigenvalue weighted by molar-refractivity contribution is 5.76. The molecule has 0 spiro atoms. The van der Waals surface area contributed by atoms with Crippen LogP contribution in [0.25, 0.3) is 0 Å². The SMILES string of the molecule is O=C(CCC1CCNCC1)NC(c1ccc(F)cc1)C(F)(F)F. The lowest BCUT2D eigenvalue weighted by Crippen LogP contribution is -2.38. The summed E-state index contributed by atoms with van der Waals surface area (Å²) < 4.78 is 52.3. The van der Waals surface area contributed by atoms with E-state index in [1.54, 1.807) is 0 Å². The van der Waals surface area contributed by atoms with E-state index in [2.05, 4.69) is 5.32 Å². The van der Waals surface area contributed by atoms with Crippen LogP contribution in [0.2, 0.25) is 0 Å². The van der Waals surface area contributed by atoms with Crippen molar-refractivity contribution in [1.82, 2.24) is 10.6 Å². The van der Waals surface area contributed by atoms with Crippen molar-refractivity contribution >= 4 is 5.91 Å². The second kappa shape index (κ2) is 7.77. The minimum Gasteiger partial charge on any atom is -0.341 e. The van der Waals surface area contributed by atoms with Crippen LogP contribution >= 0.6 is 0 Å². The molecule has 1 fully saturated rings. The number of carbonyl (C=O) groups is 1. The molecule has 1 aromatic carbocycles. The molecule has 0 bridgehead atoms. The maximum Gasteiger partial charge on any atom is 0.412 e. The third-order valence-electron chi connectivity index (χ3n) is 4.07. The number of hydrogen-bond acceptors (Lipinski definition) is 2. The Labute approximate surface area is 132 Å². The molecular formula is C16H20F4N2O. The Morgan fingerprint density at radius 2 is 1.83 bits per heavy atom. The van der Waals surface area contributed by atoms with Gasteiger partial charge in [-0.25, -0.2) is 4.39 Å². The van der Waals surface area contributed by atoms with Gasteiger partial charge in [0.1, 0.15) is 5.82 Å². The molecule has 1 aliphatic heterocycles. The summed E-state index contributed by atoms with van der Waals surface area (Å²) in [6, 6.07) is 1.88. The first kappa shape index (κ1) is 17.7. The lowest BCUT2D eigenvalue weighted by molar-refractivity contribution is -0.163. The van der Waals surface area contributed by atoms with E-state index < -0.39 is 23.9 Å². The number of nitrogens with one attached hydrogen (secondary N) is 2. The monoisotopic (exact) mass is 332 g/mol. The minimum atomic E-state index is -4.62. The van der Waals surface area contributed by atoms with E-state index in [0.29, 0.717) is 12.3 Å². The molecule has 1 amide bonds. The van der Waals surface area contributed by atoms with Gasteiger partial charge in [0, 0.05) is 6.42 Å². The zero-order valence-corrected chi connectivity index (χ0v) is 12.6. The van der Waals surface area contributed by atoms with Gasteiger partial charge in [-0.05, 0) is 56.0 Å². The fourth-order valence-corrected chi connectivity index (χ4v) is 2.75. The van der Waals surface area contributed by atoms with Gasteiger partial charge in [-0.2, -0.15) is 13.2 Å². The molecule has 1 aliphatic rings. The highest BCUT2D eigenvalue weighted by Gasteiger charge is 2.41. The van der Waals surface area contributed by atoms with E-state index in [0.717, 1.165) is 50.2 Å². The fourth-order valence-electron chi connectivity index (χ4n) is 2.75. The molecule has 128 valence electrons. The van der Waals surface area contributed by atoms with Gasteiger partial charge in [-0.3, -0.25) is 4.79 Å². The van der Waals surface area contributed by atoms with E-state index in [9.17, 15) is 22.4 Å². The van der Waals surface area contributed by atoms with Gasteiger partial charge in [0.25, 0.3) is 0 Å². The van der Waals surface area contributed by atoms with Crippen LogP contribution in [0.5, 0.6) is 0 Å². The van der Waals surface area contributed by atoms with E-state index in [-0.39, 0.29) is 12.0 Å². The Morgan fingerprint density at radius 3 is 2.39 bits per heavy atom. The summed E-state index contributed by atoms with van der Waals surface area (Å²) in [5, 5.41) is 5.23. The molecular weight excluding hydrogens is 312 g/mol. The number of piperidine rings is 1. The van der Waals surface area contributed by atoms with Crippen LogP contribution in [0.1, 0.15) is 37.3 Å². The number of amides is 1. The highest BCUT2D eigenvalue weighted by Crippen LogP contribution is 2.33. The fraction of sp³-hybridized carbons (Fsp3) is 0.562. The van der Waals surface area contributed by atoms with E-state index in [1.807, 2.05) is 5.32 Å². The minimum absolute atomic E-state index is 0.0679. The summed E-state index contributed by atoms with van der Waals surface area (Å²) in [6.45, 7) is 1.76. The second-order valence-corrected chi connectivity index (χ2v) is 5.83. The smallest absolute Gasteiger partial charge is 0.341 e. The quantitative estimate of drug-likeness (QED) is 0.812. The van der Waals surface area contributed by atoms with Crippen LogP contribution in [0.3, 0.4) is 0 Å². The molecule has 0 radical (unpaired) electrons. The number of carbonyl (C=O) groups excluding carboxylic acids is 1. The van der Waals surface area contributed by atoms with Crippen LogP contribution in [0.4, 0.5) is 17.6 Å². The third-order valence-corrected chi connectivity index (χ3v) is 4.07. The van der Waals surface area contributed by atoms with Gasteiger partial charge in [0.05, 0.1) is 0 Å². The molecule has 1 aromatic rings. The number of alkyl halides is 3. The summed E-state index contributed by atoms with van der Waals surface area (Å²) in [5.74, 6) is -0.876. The maximum absolute atomic E-state index is 13.1. The Morgan fingerprint density at radius 1 is 1.22 bits per heavy atom. The van der Waals surface area contributed by atoms with Crippen LogP contribution < -0.4 is 10.6 Å². The Balaban J connectivity index is 1.94. The summed E-state index contributed by atoms with van der Waals surface area (Å²) in [4.78, 5) is 11.9. The van der Waals surface area contributed by atoms with Gasteiger partial charge >= 0.3 is 6.18 Å². The van der Waals surface area contributed by atoms with Crippen molar-refractivity contribution in [2.75, 3.05) is 13.1 Å². The summed E-state index contributed by atoms with van der Waals surface area (Å²) in [6.07, 6.45) is -2.09. The van der Waals surface area contributed by atoms with Gasteiger partial charge < -0.3 is 10.6 Å². The Hall–Kier alpha value is -1.63. The first-order chi connectivity index (χ1) is 10.9. The molecule has 3 nitrogen and oxygen atoms in total. The van der Waals surface area contributed by atoms with Crippen molar-refractivity contribution in [1.29, 1.82) is 0 Å². The Bertz CT molecular complexity index is 510. The van der Waals surface area contributed by atoms with Crippen molar-refractivity contribution in [2.45, 2.75) is 37.9 Å². The van der Waals surface area contributed by atoms with Crippen molar-refractivity contribution in [3.8, 4) is 0 Å². The first-order valence-corrected chi connectivity index (χ1v) is 7.68. The van der Waals surface area contributed by atoms with E-state index >= 15 is 0 Å². The number of benzene rings is 1. The van der Waals surface area contributed by atoms with E-state index in [4.69, 9.17) is 0 Å². The molecule has 2 rings (SSSR count). The number of rotatable bonds is 5. The van der Waals surface area contributed by atoms with Gasteiger partial charge in [-0.15, -0.1) is 0 Å². The molecule has 0 aliphatic carbocycles. The average molecular weight is 332 g/mol. The van der Waals surface area contributed by atoms with E-state index in [1.165, 1.54) is 0 Å². The lowest BCUT2D eigenvalue weighted by Gasteiger charge is -2.24. The predicted octanol–water partition coefficient (Wildman–Crippen LogP) is 3.33. The first-order valence-electron chi connectivity index (χ1n) is 7.68. The average Bonchev–Trinajstić information content (AvgIpc) is 2.52. The molecule has 1 saturated heterocycles. The maximum atomic E-state index is 13.1. The predicted molar refractivity (Wildman–Crippen MR) is 78.2 cm³/mol. The largest absolute Gasteiger partial charge is 0.412 e. The van der Waals surface area contributed by atoms with Gasteiger partial charge in [-0.1, -0.05) is 12.1 Å². The van der Waals surface area contributed by atoms with Crippen molar-refractivity contribution in [2.24, 2.45) is 5.92 Å². The lowest BCUT2D eigenvalue weighted by atomic mass is 9.93. The van der Waals surface area contributed by atoms with Gasteiger partial charge in [0.2, 0.25) is 5.91 Å². The molecule has 1 heterocycles. The second-order valence-electron chi connectivity index (χ2n) is 5.83. The molecule has 0 saturated carbocycles. The molecule has 2 N–H and O–H groups in total. The summed E-state index contributed by atoms with van der Waals surface area (Å²) >= 11 is 0. The highest BCUT2D eigenvalue weighted by atomic mass is 19.4. The van der Waals surface area contributed by atoms with Crippen molar-refractivity contribution in [3.63, 3.8) is 0 Å². The van der Waals surface area contributed by atoms with Crippen molar-refractivity contribution in [3.05, 3.63) is 35.6 Å². The zero-order valence-electron chi connectivity index (χ0n) is 12.6. The molecule has 23 heavy (non-hydrogen) atoms. The molecule has 0 aromatic heterocycles. The van der Waals surface area contributed by atoms with Crippen molar-refractivity contribution < 1.29 is 22.4 Å². The molecule has 1 unspecified atom stereocenters. The molecule has 7 heteroatoms. The van der Waals surface area contributed by atoms with Crippen LogP contribution in [-0.2, 0) is 4.79 Å². The summed E-state index contributed by atoms with van der Waals surface area (Å²) in [7, 11) is 0. The van der Waals surface area contributed by atoms with Crippen LogP contribution in [0, 0.1) is 11.7 Å². The van der Waals surface area contributed by atoms with Crippen LogP contribution in [-0.4, -0.2) is 25.2 Å².